The summed E-state index contributed by atoms with van der Waals surface area (Å²) in [5.41, 5.74) is 8.42. The fraction of sp³-hybridized carbons (Fsp3) is 0.588. The fourth-order valence-corrected chi connectivity index (χ4v) is 2.81. The highest BCUT2D eigenvalue weighted by atomic mass is 35.5. The molecule has 1 atom stereocenters. The first-order chi connectivity index (χ1) is 9.42. The molecule has 1 amide bonds. The fourth-order valence-electron chi connectivity index (χ4n) is 2.81. The molecule has 1 unspecified atom stereocenters. The second kappa shape index (κ2) is 7.28. The lowest BCUT2D eigenvalue weighted by Gasteiger charge is -2.20. The van der Waals surface area contributed by atoms with Crippen LogP contribution < -0.4 is 11.1 Å². The predicted octanol–water partition coefficient (Wildman–Crippen LogP) is 3.36. The predicted molar refractivity (Wildman–Crippen MR) is 89.5 cm³/mol. The number of aryl methyl sites for hydroxylation is 1. The second-order valence-electron chi connectivity index (χ2n) is 6.70. The highest BCUT2D eigenvalue weighted by molar-refractivity contribution is 5.85. The molecule has 3 N–H and O–H groups in total. The van der Waals surface area contributed by atoms with E-state index in [-0.39, 0.29) is 18.3 Å². The quantitative estimate of drug-likeness (QED) is 0.846. The number of benzene rings is 1. The Morgan fingerprint density at radius 3 is 2.33 bits per heavy atom. The lowest BCUT2D eigenvalue weighted by atomic mass is 9.94. The van der Waals surface area contributed by atoms with Crippen LogP contribution in [0.25, 0.3) is 0 Å². The van der Waals surface area contributed by atoms with Crippen LogP contribution >= 0.6 is 12.4 Å². The van der Waals surface area contributed by atoms with Gasteiger partial charge in [-0.15, -0.1) is 12.4 Å². The topological polar surface area (TPSA) is 55.1 Å². The Balaban J connectivity index is 0.00000220. The molecule has 21 heavy (non-hydrogen) atoms. The average Bonchev–Trinajstić information content (AvgIpc) is 3.15. The molecule has 0 aromatic heterocycles. The normalized spacial score (nSPS) is 17.0. The summed E-state index contributed by atoms with van der Waals surface area (Å²) in [5.74, 6) is 0.615. The number of rotatable bonds is 6. The summed E-state index contributed by atoms with van der Waals surface area (Å²) in [5, 5.41) is 3.04. The molecule has 118 valence electrons. The Hall–Kier alpha value is -1.06. The molecule has 1 aromatic carbocycles. The van der Waals surface area contributed by atoms with Crippen molar-refractivity contribution in [1.29, 1.82) is 0 Å². The molecule has 0 saturated heterocycles. The molecule has 2 rings (SSSR count). The molecule has 0 heterocycles. The standard InChI is InChI=1S/C17H26N2O.ClH/c1-12(2)10-17(8-9-17)11-19-16(20)15(18)14-6-4-13(3)5-7-14;/h4-7,12,15H,8-11,18H2,1-3H3,(H,19,20);1H. The summed E-state index contributed by atoms with van der Waals surface area (Å²) in [6.07, 6.45) is 3.64. The van der Waals surface area contributed by atoms with Crippen LogP contribution in [0.4, 0.5) is 0 Å². The van der Waals surface area contributed by atoms with Gasteiger partial charge in [0.15, 0.2) is 0 Å². The Bertz CT molecular complexity index is 466. The molecular weight excluding hydrogens is 284 g/mol. The molecule has 1 aliphatic carbocycles. The van der Waals surface area contributed by atoms with Crippen molar-refractivity contribution in [2.75, 3.05) is 6.54 Å². The van der Waals surface area contributed by atoms with Gasteiger partial charge in [-0.2, -0.15) is 0 Å². The number of carbonyl (C=O) groups excluding carboxylic acids is 1. The molecule has 1 saturated carbocycles. The summed E-state index contributed by atoms with van der Waals surface area (Å²) in [6, 6.07) is 7.28. The highest BCUT2D eigenvalue weighted by Gasteiger charge is 2.42. The number of hydrogen-bond acceptors (Lipinski definition) is 2. The van der Waals surface area contributed by atoms with Crippen LogP contribution in [-0.4, -0.2) is 12.5 Å². The SMILES string of the molecule is Cc1ccc(C(N)C(=O)NCC2(CC(C)C)CC2)cc1.Cl. The summed E-state index contributed by atoms with van der Waals surface area (Å²) in [7, 11) is 0. The summed E-state index contributed by atoms with van der Waals surface area (Å²) in [4.78, 5) is 12.2. The lowest BCUT2D eigenvalue weighted by molar-refractivity contribution is -0.122. The number of nitrogens with one attached hydrogen (secondary N) is 1. The maximum Gasteiger partial charge on any atom is 0.241 e. The third kappa shape index (κ3) is 5.01. The molecule has 0 aliphatic heterocycles. The molecule has 0 spiro atoms. The monoisotopic (exact) mass is 310 g/mol. The van der Waals surface area contributed by atoms with Crippen molar-refractivity contribution in [3.05, 3.63) is 35.4 Å². The van der Waals surface area contributed by atoms with Crippen LogP contribution in [0.15, 0.2) is 24.3 Å². The van der Waals surface area contributed by atoms with Crippen LogP contribution in [0, 0.1) is 18.3 Å². The second-order valence-corrected chi connectivity index (χ2v) is 6.70. The molecule has 3 nitrogen and oxygen atoms in total. The van der Waals surface area contributed by atoms with Gasteiger partial charge in [0.1, 0.15) is 6.04 Å². The first kappa shape index (κ1) is 18.0. The molecule has 4 heteroatoms. The van der Waals surface area contributed by atoms with Gasteiger partial charge in [0.05, 0.1) is 0 Å². The van der Waals surface area contributed by atoms with Gasteiger partial charge < -0.3 is 11.1 Å². The average molecular weight is 311 g/mol. The van der Waals surface area contributed by atoms with E-state index in [0.717, 1.165) is 12.1 Å². The van der Waals surface area contributed by atoms with Crippen molar-refractivity contribution in [3.63, 3.8) is 0 Å². The Morgan fingerprint density at radius 1 is 1.29 bits per heavy atom. The van der Waals surface area contributed by atoms with Gasteiger partial charge in [0.25, 0.3) is 0 Å². The third-order valence-corrected chi connectivity index (χ3v) is 4.15. The zero-order valence-electron chi connectivity index (χ0n) is 13.2. The van der Waals surface area contributed by atoms with Crippen LogP contribution in [0.5, 0.6) is 0 Å². The zero-order chi connectivity index (χ0) is 14.8. The Labute approximate surface area is 134 Å². The maximum absolute atomic E-state index is 12.2. The van der Waals surface area contributed by atoms with E-state index < -0.39 is 6.04 Å². The molecule has 1 fully saturated rings. The smallest absolute Gasteiger partial charge is 0.241 e. The highest BCUT2D eigenvalue weighted by Crippen LogP contribution is 2.50. The first-order valence-electron chi connectivity index (χ1n) is 7.52. The van der Waals surface area contributed by atoms with Gasteiger partial charge >= 0.3 is 0 Å². The van der Waals surface area contributed by atoms with Crippen LogP contribution in [0.1, 0.15) is 50.3 Å². The minimum Gasteiger partial charge on any atom is -0.354 e. The van der Waals surface area contributed by atoms with E-state index in [1.54, 1.807) is 0 Å². The van der Waals surface area contributed by atoms with Crippen LogP contribution in [-0.2, 0) is 4.79 Å². The minimum atomic E-state index is -0.564. The molecule has 0 bridgehead atoms. The van der Waals surface area contributed by atoms with Gasteiger partial charge in [-0.25, -0.2) is 0 Å². The summed E-state index contributed by atoms with van der Waals surface area (Å²) >= 11 is 0. The number of amides is 1. The van der Waals surface area contributed by atoms with Crippen molar-refractivity contribution in [3.8, 4) is 0 Å². The number of nitrogens with two attached hydrogens (primary N) is 1. The number of carbonyl (C=O) groups is 1. The van der Waals surface area contributed by atoms with Crippen molar-refractivity contribution in [2.45, 2.75) is 46.1 Å². The van der Waals surface area contributed by atoms with Gasteiger partial charge in [0, 0.05) is 6.54 Å². The zero-order valence-corrected chi connectivity index (χ0v) is 14.0. The van der Waals surface area contributed by atoms with Crippen molar-refractivity contribution in [1.82, 2.24) is 5.32 Å². The van der Waals surface area contributed by atoms with Gasteiger partial charge in [-0.3, -0.25) is 4.79 Å². The lowest BCUT2D eigenvalue weighted by Crippen LogP contribution is -2.37. The van der Waals surface area contributed by atoms with E-state index in [1.165, 1.54) is 24.8 Å². The molecule has 1 aromatic rings. The van der Waals surface area contributed by atoms with E-state index in [0.29, 0.717) is 11.3 Å². The van der Waals surface area contributed by atoms with Crippen molar-refractivity contribution in [2.24, 2.45) is 17.1 Å². The number of hydrogen-bond donors (Lipinski definition) is 2. The van der Waals surface area contributed by atoms with E-state index >= 15 is 0 Å². The van der Waals surface area contributed by atoms with Crippen LogP contribution in [0.2, 0.25) is 0 Å². The largest absolute Gasteiger partial charge is 0.354 e. The summed E-state index contributed by atoms with van der Waals surface area (Å²) in [6.45, 7) is 7.27. The Kier molecular flexibility index (Phi) is 6.24. The van der Waals surface area contributed by atoms with Gasteiger partial charge in [0.2, 0.25) is 5.91 Å². The summed E-state index contributed by atoms with van der Waals surface area (Å²) < 4.78 is 0. The van der Waals surface area contributed by atoms with Crippen molar-refractivity contribution < 1.29 is 4.79 Å². The van der Waals surface area contributed by atoms with Gasteiger partial charge in [-0.05, 0) is 43.1 Å². The molecular formula is C17H27ClN2O. The number of halogens is 1. The molecule has 0 radical (unpaired) electrons. The van der Waals surface area contributed by atoms with E-state index in [1.807, 2.05) is 31.2 Å². The van der Waals surface area contributed by atoms with E-state index in [2.05, 4.69) is 19.2 Å². The minimum absolute atomic E-state index is 0. The van der Waals surface area contributed by atoms with Crippen LogP contribution in [0.3, 0.4) is 0 Å². The van der Waals surface area contributed by atoms with Crippen molar-refractivity contribution >= 4 is 18.3 Å². The van der Waals surface area contributed by atoms with Gasteiger partial charge in [-0.1, -0.05) is 43.7 Å². The Morgan fingerprint density at radius 2 is 1.86 bits per heavy atom. The third-order valence-electron chi connectivity index (χ3n) is 4.15. The van der Waals surface area contributed by atoms with E-state index in [4.69, 9.17) is 5.73 Å². The first-order valence-corrected chi connectivity index (χ1v) is 7.52. The maximum atomic E-state index is 12.2. The van der Waals surface area contributed by atoms with E-state index in [9.17, 15) is 4.79 Å². The molecule has 1 aliphatic rings.